The maximum atomic E-state index is 13.1. The van der Waals surface area contributed by atoms with Gasteiger partial charge in [0.1, 0.15) is 17.2 Å². The molecule has 1 atom stereocenters. The molecule has 2 N–H and O–H groups in total. The van der Waals surface area contributed by atoms with E-state index in [-0.39, 0.29) is 11.9 Å². The molecular weight excluding hydrogens is 400 g/mol. The molecule has 5 aromatic rings. The molecule has 0 aliphatic rings. The first-order valence-corrected chi connectivity index (χ1v) is 10.4. The Bertz CT molecular complexity index is 1360. The number of aryl methyl sites for hydroxylation is 1. The zero-order valence-corrected chi connectivity index (χ0v) is 17.6. The molecule has 1 amide bonds. The minimum absolute atomic E-state index is 0.243. The predicted molar refractivity (Wildman–Crippen MR) is 123 cm³/mol. The number of imidazole rings is 1. The fraction of sp³-hybridized carbons (Fsp3) is 0.120. The fourth-order valence-electron chi connectivity index (χ4n) is 3.85. The van der Waals surface area contributed by atoms with Gasteiger partial charge in [-0.05, 0) is 42.3 Å². The van der Waals surface area contributed by atoms with Crippen molar-refractivity contribution in [3.8, 4) is 11.4 Å². The fourth-order valence-corrected chi connectivity index (χ4v) is 3.85. The maximum Gasteiger partial charge on any atom is 0.269 e. The maximum absolute atomic E-state index is 13.1. The summed E-state index contributed by atoms with van der Waals surface area (Å²) >= 11 is 0. The zero-order chi connectivity index (χ0) is 21.9. The second kappa shape index (κ2) is 8.47. The summed E-state index contributed by atoms with van der Waals surface area (Å²) in [4.78, 5) is 22.3. The number of para-hydroxylation sites is 2. The minimum Gasteiger partial charge on any atom is -0.340 e. The third-order valence-corrected chi connectivity index (χ3v) is 5.47. The minimum atomic E-state index is -0.316. The van der Waals surface area contributed by atoms with Crippen molar-refractivity contribution in [1.29, 1.82) is 0 Å². The number of amides is 1. The molecule has 7 heteroatoms. The number of fused-ring (bicyclic) bond motifs is 1. The van der Waals surface area contributed by atoms with E-state index in [0.717, 1.165) is 22.4 Å². The molecule has 3 aromatic heterocycles. The van der Waals surface area contributed by atoms with Crippen LogP contribution in [0, 0.1) is 0 Å². The van der Waals surface area contributed by atoms with Crippen LogP contribution < -0.4 is 5.32 Å². The number of hydrogen-bond donors (Lipinski definition) is 2. The standard InChI is InChI=1S/C25H22N6O/c1-31-23-13-6-5-12-19(23)27-24(31)21(15-17-9-3-2-4-10-17)28-25(32)22-16-20(29-30-22)18-11-7-8-14-26-18/h2-14,16,21H,15H2,1H3,(H,28,32)(H,29,30)/t21-/m0/s1. The summed E-state index contributed by atoms with van der Waals surface area (Å²) in [5.41, 5.74) is 4.74. The van der Waals surface area contributed by atoms with Gasteiger partial charge in [-0.1, -0.05) is 48.5 Å². The van der Waals surface area contributed by atoms with Crippen LogP contribution in [-0.2, 0) is 13.5 Å². The van der Waals surface area contributed by atoms with Crippen molar-refractivity contribution >= 4 is 16.9 Å². The normalized spacial score (nSPS) is 12.0. The number of aromatic nitrogens is 5. The van der Waals surface area contributed by atoms with Crippen molar-refractivity contribution < 1.29 is 4.79 Å². The Hall–Kier alpha value is -4.26. The average molecular weight is 422 g/mol. The third kappa shape index (κ3) is 3.88. The molecule has 0 aliphatic heterocycles. The summed E-state index contributed by atoms with van der Waals surface area (Å²) in [6.45, 7) is 0. The van der Waals surface area contributed by atoms with Gasteiger partial charge in [0, 0.05) is 13.2 Å². The van der Waals surface area contributed by atoms with Gasteiger partial charge in [-0.25, -0.2) is 4.98 Å². The monoisotopic (exact) mass is 422 g/mol. The molecule has 0 fully saturated rings. The van der Waals surface area contributed by atoms with E-state index in [4.69, 9.17) is 4.98 Å². The van der Waals surface area contributed by atoms with E-state index in [9.17, 15) is 4.79 Å². The number of carbonyl (C=O) groups excluding carboxylic acids is 1. The summed E-state index contributed by atoms with van der Waals surface area (Å²) in [6, 6.07) is 25.0. The lowest BCUT2D eigenvalue weighted by Gasteiger charge is -2.18. The number of aromatic amines is 1. The zero-order valence-electron chi connectivity index (χ0n) is 17.6. The van der Waals surface area contributed by atoms with Gasteiger partial charge < -0.3 is 9.88 Å². The Morgan fingerprint density at radius 1 is 1.00 bits per heavy atom. The highest BCUT2D eigenvalue weighted by molar-refractivity contribution is 5.93. The van der Waals surface area contributed by atoms with Gasteiger partial charge in [0.25, 0.3) is 5.91 Å². The number of carbonyl (C=O) groups is 1. The van der Waals surface area contributed by atoms with Crippen LogP contribution in [0.5, 0.6) is 0 Å². The van der Waals surface area contributed by atoms with Gasteiger partial charge in [-0.15, -0.1) is 0 Å². The molecule has 7 nitrogen and oxygen atoms in total. The average Bonchev–Trinajstić information content (AvgIpc) is 3.46. The van der Waals surface area contributed by atoms with E-state index in [1.807, 2.05) is 72.3 Å². The van der Waals surface area contributed by atoms with E-state index in [2.05, 4.69) is 32.6 Å². The second-order valence-corrected chi connectivity index (χ2v) is 7.62. The lowest BCUT2D eigenvalue weighted by atomic mass is 10.0. The topological polar surface area (TPSA) is 88.5 Å². The first kappa shape index (κ1) is 19.7. The van der Waals surface area contributed by atoms with Crippen LogP contribution in [0.2, 0.25) is 0 Å². The number of pyridine rings is 1. The highest BCUT2D eigenvalue weighted by Gasteiger charge is 2.23. The molecule has 158 valence electrons. The number of rotatable bonds is 6. The number of H-pyrrole nitrogens is 1. The van der Waals surface area contributed by atoms with Gasteiger partial charge in [0.15, 0.2) is 0 Å². The van der Waals surface area contributed by atoms with Crippen molar-refractivity contribution in [1.82, 2.24) is 30.0 Å². The van der Waals surface area contributed by atoms with E-state index in [1.165, 1.54) is 0 Å². The highest BCUT2D eigenvalue weighted by atomic mass is 16.2. The SMILES string of the molecule is Cn1c([C@H](Cc2ccccc2)NC(=O)c2cc(-c3ccccn3)n[nH]2)nc2ccccc21. The summed E-state index contributed by atoms with van der Waals surface area (Å²) < 4.78 is 2.04. The highest BCUT2D eigenvalue weighted by Crippen LogP contribution is 2.23. The van der Waals surface area contributed by atoms with Crippen molar-refractivity contribution in [2.75, 3.05) is 0 Å². The molecular formula is C25H22N6O. The van der Waals surface area contributed by atoms with Crippen molar-refractivity contribution in [3.05, 3.63) is 102 Å². The number of benzene rings is 2. The Morgan fingerprint density at radius 3 is 2.56 bits per heavy atom. The first-order valence-electron chi connectivity index (χ1n) is 10.4. The Kier molecular flexibility index (Phi) is 5.21. The van der Waals surface area contributed by atoms with E-state index in [0.29, 0.717) is 23.5 Å². The van der Waals surface area contributed by atoms with Crippen LogP contribution in [0.25, 0.3) is 22.4 Å². The lowest BCUT2D eigenvalue weighted by molar-refractivity contribution is 0.0929. The van der Waals surface area contributed by atoms with E-state index < -0.39 is 0 Å². The van der Waals surface area contributed by atoms with Gasteiger partial charge in [0.05, 0.1) is 22.8 Å². The van der Waals surface area contributed by atoms with Crippen molar-refractivity contribution in [2.24, 2.45) is 7.05 Å². The number of nitrogens with one attached hydrogen (secondary N) is 2. The van der Waals surface area contributed by atoms with Gasteiger partial charge in [-0.3, -0.25) is 14.9 Å². The van der Waals surface area contributed by atoms with Crippen LogP contribution >= 0.6 is 0 Å². The number of nitrogens with zero attached hydrogens (tertiary/aromatic N) is 4. The smallest absolute Gasteiger partial charge is 0.269 e. The van der Waals surface area contributed by atoms with Crippen LogP contribution in [0.15, 0.2) is 85.1 Å². The summed E-state index contributed by atoms with van der Waals surface area (Å²) in [7, 11) is 1.98. The molecule has 2 aromatic carbocycles. The number of hydrogen-bond acceptors (Lipinski definition) is 4. The van der Waals surface area contributed by atoms with Crippen LogP contribution in [0.3, 0.4) is 0 Å². The van der Waals surface area contributed by atoms with Crippen LogP contribution in [-0.4, -0.2) is 30.6 Å². The second-order valence-electron chi connectivity index (χ2n) is 7.62. The largest absolute Gasteiger partial charge is 0.340 e. The molecule has 0 saturated carbocycles. The molecule has 0 aliphatic carbocycles. The van der Waals surface area contributed by atoms with Gasteiger partial charge in [-0.2, -0.15) is 5.10 Å². The summed E-state index contributed by atoms with van der Waals surface area (Å²) in [5.74, 6) is 0.556. The summed E-state index contributed by atoms with van der Waals surface area (Å²) in [5, 5.41) is 10.2. The Labute approximate surface area is 185 Å². The molecule has 0 saturated heterocycles. The van der Waals surface area contributed by atoms with E-state index in [1.54, 1.807) is 12.3 Å². The third-order valence-electron chi connectivity index (χ3n) is 5.47. The van der Waals surface area contributed by atoms with Crippen molar-refractivity contribution in [2.45, 2.75) is 12.5 Å². The van der Waals surface area contributed by atoms with Crippen LogP contribution in [0.1, 0.15) is 27.9 Å². The van der Waals surface area contributed by atoms with Crippen molar-refractivity contribution in [3.63, 3.8) is 0 Å². The molecule has 0 bridgehead atoms. The summed E-state index contributed by atoms with van der Waals surface area (Å²) in [6.07, 6.45) is 2.32. The Balaban J connectivity index is 1.46. The van der Waals surface area contributed by atoms with E-state index >= 15 is 0 Å². The van der Waals surface area contributed by atoms with Gasteiger partial charge in [0.2, 0.25) is 0 Å². The van der Waals surface area contributed by atoms with Crippen LogP contribution in [0.4, 0.5) is 0 Å². The molecule has 3 heterocycles. The lowest BCUT2D eigenvalue weighted by Crippen LogP contribution is -2.32. The predicted octanol–water partition coefficient (Wildman–Crippen LogP) is 4.07. The molecule has 5 rings (SSSR count). The Morgan fingerprint density at radius 2 is 1.78 bits per heavy atom. The van der Waals surface area contributed by atoms with Gasteiger partial charge >= 0.3 is 0 Å². The molecule has 0 unspecified atom stereocenters. The first-order chi connectivity index (χ1) is 15.7. The molecule has 32 heavy (non-hydrogen) atoms. The molecule has 0 spiro atoms. The molecule has 0 radical (unpaired) electrons. The quantitative estimate of drug-likeness (QED) is 0.432.